The van der Waals surface area contributed by atoms with Gasteiger partial charge in [0.2, 0.25) is 0 Å². The van der Waals surface area contributed by atoms with Crippen LogP contribution in [0.4, 0.5) is 0 Å². The van der Waals surface area contributed by atoms with Crippen LogP contribution in [0.1, 0.15) is 11.7 Å². The molecule has 0 radical (unpaired) electrons. The first-order valence-corrected chi connectivity index (χ1v) is 6.86. The molecule has 0 atom stereocenters. The highest BCUT2D eigenvalue weighted by molar-refractivity contribution is 9.10. The first-order valence-electron chi connectivity index (χ1n) is 6.07. The van der Waals surface area contributed by atoms with E-state index in [1.807, 2.05) is 10.9 Å². The van der Waals surface area contributed by atoms with Gasteiger partial charge in [-0.3, -0.25) is 14.4 Å². The van der Waals surface area contributed by atoms with E-state index in [0.29, 0.717) is 6.04 Å². The minimum Gasteiger partial charge on any atom is -0.293 e. The second kappa shape index (κ2) is 4.90. The first-order chi connectivity index (χ1) is 9.11. The molecule has 19 heavy (non-hydrogen) atoms. The van der Waals surface area contributed by atoms with Crippen LogP contribution in [0.2, 0.25) is 0 Å². The lowest BCUT2D eigenvalue weighted by molar-refractivity contribution is 0.0889. The molecule has 7 heteroatoms. The topological polar surface area (TPSA) is 56.0 Å². The van der Waals surface area contributed by atoms with Gasteiger partial charge in [-0.05, 0) is 22.0 Å². The van der Waals surface area contributed by atoms with Crippen LogP contribution >= 0.6 is 15.9 Å². The van der Waals surface area contributed by atoms with Gasteiger partial charge in [0, 0.05) is 38.9 Å². The molecule has 0 saturated carbocycles. The number of aryl methyl sites for hydroxylation is 1. The predicted molar refractivity (Wildman–Crippen MR) is 73.7 cm³/mol. The zero-order chi connectivity index (χ0) is 13.4. The van der Waals surface area contributed by atoms with E-state index in [9.17, 15) is 4.79 Å². The van der Waals surface area contributed by atoms with Crippen LogP contribution in [0.3, 0.4) is 0 Å². The summed E-state index contributed by atoms with van der Waals surface area (Å²) < 4.78 is 4.36. The van der Waals surface area contributed by atoms with Crippen molar-refractivity contribution in [3.63, 3.8) is 0 Å². The summed E-state index contributed by atoms with van der Waals surface area (Å²) in [7, 11) is 1.67. The maximum Gasteiger partial charge on any atom is 0.266 e. The van der Waals surface area contributed by atoms with E-state index in [2.05, 4.69) is 31.0 Å². The number of rotatable bonds is 3. The number of halogens is 1. The highest BCUT2D eigenvalue weighted by Crippen LogP contribution is 2.23. The summed E-state index contributed by atoms with van der Waals surface area (Å²) in [6.07, 6.45) is 3.80. The van der Waals surface area contributed by atoms with E-state index in [-0.39, 0.29) is 5.56 Å². The van der Waals surface area contributed by atoms with Crippen LogP contribution < -0.4 is 5.56 Å². The smallest absolute Gasteiger partial charge is 0.266 e. The van der Waals surface area contributed by atoms with Gasteiger partial charge in [0.15, 0.2) is 0 Å². The Bertz CT molecular complexity index is 644. The Hall–Kier alpha value is -1.47. The van der Waals surface area contributed by atoms with Gasteiger partial charge in [-0.15, -0.1) is 0 Å². The summed E-state index contributed by atoms with van der Waals surface area (Å²) in [5.74, 6) is 0. The van der Waals surface area contributed by atoms with Gasteiger partial charge in [0.25, 0.3) is 5.56 Å². The largest absolute Gasteiger partial charge is 0.293 e. The molecule has 0 unspecified atom stereocenters. The molecule has 0 aromatic carbocycles. The van der Waals surface area contributed by atoms with Gasteiger partial charge in [0.1, 0.15) is 0 Å². The molecule has 0 aliphatic carbocycles. The molecule has 1 aliphatic heterocycles. The van der Waals surface area contributed by atoms with Crippen molar-refractivity contribution in [1.29, 1.82) is 0 Å². The van der Waals surface area contributed by atoms with E-state index in [0.717, 1.165) is 29.8 Å². The highest BCUT2D eigenvalue weighted by Gasteiger charge is 2.28. The number of likely N-dealkylation sites (tertiary alicyclic amines) is 1. The average molecular weight is 324 g/mol. The van der Waals surface area contributed by atoms with Gasteiger partial charge in [-0.25, -0.2) is 4.68 Å². The lowest BCUT2D eigenvalue weighted by Crippen LogP contribution is -2.47. The predicted octanol–water partition coefficient (Wildman–Crippen LogP) is 0.796. The first kappa shape index (κ1) is 12.6. The third-order valence-corrected chi connectivity index (χ3v) is 3.69. The third-order valence-electron chi connectivity index (χ3n) is 3.28. The summed E-state index contributed by atoms with van der Waals surface area (Å²) in [6, 6.07) is 3.78. The quantitative estimate of drug-likeness (QED) is 0.838. The molecule has 3 heterocycles. The molecule has 0 spiro atoms. The molecule has 2 aromatic heterocycles. The Labute approximate surface area is 118 Å². The zero-order valence-electron chi connectivity index (χ0n) is 10.5. The van der Waals surface area contributed by atoms with Crippen molar-refractivity contribution >= 4 is 15.9 Å². The van der Waals surface area contributed by atoms with E-state index in [4.69, 9.17) is 0 Å². The molecule has 100 valence electrons. The van der Waals surface area contributed by atoms with Gasteiger partial charge < -0.3 is 0 Å². The number of hydrogen-bond donors (Lipinski definition) is 0. The molecule has 0 bridgehead atoms. The maximum absolute atomic E-state index is 11.3. The SMILES string of the molecule is Cn1nc(CN2CC(n3cc(Br)cn3)C2)ccc1=O. The third kappa shape index (κ3) is 2.62. The Morgan fingerprint density at radius 2 is 2.21 bits per heavy atom. The molecule has 0 N–H and O–H groups in total. The lowest BCUT2D eigenvalue weighted by Gasteiger charge is -2.38. The van der Waals surface area contributed by atoms with E-state index >= 15 is 0 Å². The summed E-state index contributed by atoms with van der Waals surface area (Å²) >= 11 is 3.40. The normalized spacial score (nSPS) is 16.5. The second-order valence-corrected chi connectivity index (χ2v) is 5.69. The van der Waals surface area contributed by atoms with Crippen LogP contribution in [0.25, 0.3) is 0 Å². The number of hydrogen-bond acceptors (Lipinski definition) is 4. The summed E-state index contributed by atoms with van der Waals surface area (Å²) in [5.41, 5.74) is 0.842. The van der Waals surface area contributed by atoms with E-state index < -0.39 is 0 Å². The van der Waals surface area contributed by atoms with Crippen molar-refractivity contribution in [2.45, 2.75) is 12.6 Å². The fraction of sp³-hybridized carbons (Fsp3) is 0.417. The van der Waals surface area contributed by atoms with Crippen molar-refractivity contribution in [1.82, 2.24) is 24.5 Å². The molecule has 1 fully saturated rings. The van der Waals surface area contributed by atoms with Crippen molar-refractivity contribution in [3.05, 3.63) is 45.0 Å². The fourth-order valence-electron chi connectivity index (χ4n) is 2.22. The van der Waals surface area contributed by atoms with Crippen molar-refractivity contribution in [2.24, 2.45) is 7.05 Å². The minimum atomic E-state index is -0.0772. The van der Waals surface area contributed by atoms with Crippen molar-refractivity contribution in [3.8, 4) is 0 Å². The molecule has 1 saturated heterocycles. The Kier molecular flexibility index (Phi) is 3.24. The molecule has 2 aromatic rings. The van der Waals surface area contributed by atoms with Crippen molar-refractivity contribution < 1.29 is 0 Å². The summed E-state index contributed by atoms with van der Waals surface area (Å²) in [4.78, 5) is 13.5. The molecule has 1 aliphatic rings. The standard InChI is InChI=1S/C12H14BrN5O/c1-16-12(19)3-2-10(15-16)6-17-7-11(8-17)18-5-9(13)4-14-18/h2-5,11H,6-8H2,1H3. The van der Waals surface area contributed by atoms with E-state index in [1.54, 1.807) is 25.4 Å². The zero-order valence-corrected chi connectivity index (χ0v) is 12.1. The van der Waals surface area contributed by atoms with Crippen LogP contribution in [-0.2, 0) is 13.6 Å². The van der Waals surface area contributed by atoms with Crippen LogP contribution in [0.5, 0.6) is 0 Å². The van der Waals surface area contributed by atoms with Crippen LogP contribution in [0.15, 0.2) is 33.8 Å². The number of nitrogens with zero attached hydrogens (tertiary/aromatic N) is 5. The molecule has 0 amide bonds. The van der Waals surface area contributed by atoms with Gasteiger partial charge in [-0.2, -0.15) is 10.2 Å². The van der Waals surface area contributed by atoms with Gasteiger partial charge in [-0.1, -0.05) is 0 Å². The Morgan fingerprint density at radius 1 is 1.42 bits per heavy atom. The highest BCUT2D eigenvalue weighted by atomic mass is 79.9. The minimum absolute atomic E-state index is 0.0772. The second-order valence-electron chi connectivity index (χ2n) is 4.77. The maximum atomic E-state index is 11.3. The monoisotopic (exact) mass is 323 g/mol. The Balaban J connectivity index is 1.59. The molecular weight excluding hydrogens is 310 g/mol. The lowest BCUT2D eigenvalue weighted by atomic mass is 10.1. The van der Waals surface area contributed by atoms with E-state index in [1.165, 1.54) is 4.68 Å². The van der Waals surface area contributed by atoms with Crippen LogP contribution in [0, 0.1) is 0 Å². The van der Waals surface area contributed by atoms with Gasteiger partial charge in [0.05, 0.1) is 22.4 Å². The summed E-state index contributed by atoms with van der Waals surface area (Å²) in [6.45, 7) is 2.68. The number of aromatic nitrogens is 4. The van der Waals surface area contributed by atoms with Crippen molar-refractivity contribution in [2.75, 3.05) is 13.1 Å². The summed E-state index contributed by atoms with van der Waals surface area (Å²) in [5, 5.41) is 8.52. The molecule has 3 rings (SSSR count). The Morgan fingerprint density at radius 3 is 2.84 bits per heavy atom. The molecular formula is C12H14BrN5O. The van der Waals surface area contributed by atoms with Crippen LogP contribution in [-0.4, -0.2) is 37.6 Å². The van der Waals surface area contributed by atoms with Gasteiger partial charge >= 0.3 is 0 Å². The molecule has 6 nitrogen and oxygen atoms in total. The average Bonchev–Trinajstić information content (AvgIpc) is 2.74. The fourth-order valence-corrected chi connectivity index (χ4v) is 2.52.